The molecule has 3 aromatic rings. The molecule has 0 aliphatic heterocycles. The van der Waals surface area contributed by atoms with Crippen molar-refractivity contribution < 1.29 is 31.1 Å². The summed E-state index contributed by atoms with van der Waals surface area (Å²) in [7, 11) is 0. The summed E-state index contributed by atoms with van der Waals surface area (Å²) in [5.74, 6) is -0.950. The lowest BCUT2D eigenvalue weighted by molar-refractivity contribution is -0.138. The lowest BCUT2D eigenvalue weighted by atomic mass is 10.1. The van der Waals surface area contributed by atoms with Crippen molar-refractivity contribution in [3.8, 4) is 11.8 Å². The van der Waals surface area contributed by atoms with Crippen LogP contribution in [0.4, 0.5) is 32.0 Å². The minimum Gasteiger partial charge on any atom is -0.321 e. The second-order valence-electron chi connectivity index (χ2n) is 7.53. The van der Waals surface area contributed by atoms with E-state index in [0.717, 1.165) is 36.4 Å². The normalized spacial score (nSPS) is 12.4. The molecule has 0 saturated carbocycles. The van der Waals surface area contributed by atoms with Crippen molar-refractivity contribution in [3.05, 3.63) is 87.2 Å². The van der Waals surface area contributed by atoms with Crippen LogP contribution >= 0.6 is 11.6 Å². The standard InChI is InChI=1S/C24H16ClF6N3O/c1-13-8-15(14(2)34(13)21-11-18(24(29,30)31)6-7-20(21)25)9-16(12-32)22(35)33-19-5-3-4-17(10-19)23(26,27)28/h3-11H,1-2H3,(H,33,35). The van der Waals surface area contributed by atoms with Gasteiger partial charge in [-0.25, -0.2) is 0 Å². The van der Waals surface area contributed by atoms with Crippen LogP contribution in [0.1, 0.15) is 28.1 Å². The number of rotatable bonds is 4. The molecule has 182 valence electrons. The predicted molar refractivity (Wildman–Crippen MR) is 119 cm³/mol. The van der Waals surface area contributed by atoms with Gasteiger partial charge >= 0.3 is 12.4 Å². The van der Waals surface area contributed by atoms with Gasteiger partial charge < -0.3 is 9.88 Å². The molecule has 1 aromatic heterocycles. The van der Waals surface area contributed by atoms with Crippen molar-refractivity contribution in [1.82, 2.24) is 4.57 Å². The third-order valence-corrected chi connectivity index (χ3v) is 5.42. The van der Waals surface area contributed by atoms with Crippen LogP contribution in [0, 0.1) is 25.2 Å². The van der Waals surface area contributed by atoms with Crippen molar-refractivity contribution in [1.29, 1.82) is 5.26 Å². The molecule has 3 rings (SSSR count). The summed E-state index contributed by atoms with van der Waals surface area (Å²) in [6.07, 6.45) is -8.01. The lowest BCUT2D eigenvalue weighted by Gasteiger charge is -2.15. The third-order valence-electron chi connectivity index (χ3n) is 5.10. The zero-order valence-corrected chi connectivity index (χ0v) is 18.9. The van der Waals surface area contributed by atoms with Crippen LogP contribution in [-0.4, -0.2) is 10.5 Å². The Morgan fingerprint density at radius 2 is 1.63 bits per heavy atom. The van der Waals surface area contributed by atoms with Crippen LogP contribution < -0.4 is 5.32 Å². The number of hydrogen-bond acceptors (Lipinski definition) is 2. The number of nitriles is 1. The van der Waals surface area contributed by atoms with E-state index in [2.05, 4.69) is 5.32 Å². The largest absolute Gasteiger partial charge is 0.416 e. The van der Waals surface area contributed by atoms with Gasteiger partial charge in [0.25, 0.3) is 5.91 Å². The molecule has 1 heterocycles. The molecular formula is C24H16ClF6N3O. The van der Waals surface area contributed by atoms with Crippen molar-refractivity contribution >= 4 is 29.3 Å². The Hall–Kier alpha value is -3.71. The molecule has 35 heavy (non-hydrogen) atoms. The monoisotopic (exact) mass is 511 g/mol. The first-order valence-electron chi connectivity index (χ1n) is 9.89. The summed E-state index contributed by atoms with van der Waals surface area (Å²) in [5, 5.41) is 11.8. The van der Waals surface area contributed by atoms with Gasteiger partial charge in [-0.3, -0.25) is 4.79 Å². The van der Waals surface area contributed by atoms with E-state index in [0.29, 0.717) is 17.0 Å². The van der Waals surface area contributed by atoms with E-state index in [1.165, 1.54) is 16.7 Å². The van der Waals surface area contributed by atoms with E-state index >= 15 is 0 Å². The topological polar surface area (TPSA) is 57.8 Å². The number of benzene rings is 2. The number of alkyl halides is 6. The Kier molecular flexibility index (Phi) is 7.03. The first-order valence-corrected chi connectivity index (χ1v) is 10.3. The highest BCUT2D eigenvalue weighted by molar-refractivity contribution is 6.32. The van der Waals surface area contributed by atoms with Crippen LogP contribution in [0.15, 0.2) is 54.1 Å². The third kappa shape index (κ3) is 5.69. The number of nitrogens with one attached hydrogen (secondary N) is 1. The summed E-state index contributed by atoms with van der Waals surface area (Å²) in [5.41, 5.74) is -1.19. The van der Waals surface area contributed by atoms with Gasteiger partial charge in [-0.15, -0.1) is 0 Å². The van der Waals surface area contributed by atoms with Gasteiger partial charge in [0.1, 0.15) is 11.6 Å². The molecule has 0 bridgehead atoms. The van der Waals surface area contributed by atoms with E-state index in [4.69, 9.17) is 11.6 Å². The maximum Gasteiger partial charge on any atom is 0.416 e. The fourth-order valence-corrected chi connectivity index (χ4v) is 3.64. The van der Waals surface area contributed by atoms with Gasteiger partial charge in [0.2, 0.25) is 0 Å². The van der Waals surface area contributed by atoms with Gasteiger partial charge in [0, 0.05) is 17.1 Å². The first-order chi connectivity index (χ1) is 16.2. The van der Waals surface area contributed by atoms with Crippen molar-refractivity contribution in [2.75, 3.05) is 5.32 Å². The second kappa shape index (κ2) is 9.50. The predicted octanol–water partition coefficient (Wildman–Crippen LogP) is 7.33. The highest BCUT2D eigenvalue weighted by Crippen LogP contribution is 2.35. The Morgan fingerprint density at radius 3 is 2.23 bits per heavy atom. The van der Waals surface area contributed by atoms with E-state index in [9.17, 15) is 36.4 Å². The number of amides is 1. The summed E-state index contributed by atoms with van der Waals surface area (Å²) in [4.78, 5) is 12.6. The average Bonchev–Trinajstić information content (AvgIpc) is 3.03. The van der Waals surface area contributed by atoms with Crippen molar-refractivity contribution in [2.24, 2.45) is 0 Å². The molecule has 0 atom stereocenters. The number of nitrogens with zero attached hydrogens (tertiary/aromatic N) is 2. The van der Waals surface area contributed by atoms with Crippen molar-refractivity contribution in [2.45, 2.75) is 26.2 Å². The Morgan fingerprint density at radius 1 is 1.00 bits per heavy atom. The zero-order valence-electron chi connectivity index (χ0n) is 18.1. The SMILES string of the molecule is Cc1cc(C=C(C#N)C(=O)Nc2cccc(C(F)(F)F)c2)c(C)n1-c1cc(C(F)(F)F)ccc1Cl. The van der Waals surface area contributed by atoms with E-state index in [-0.39, 0.29) is 16.4 Å². The molecular weight excluding hydrogens is 496 g/mol. The molecule has 1 amide bonds. The number of aryl methyl sites for hydroxylation is 1. The average molecular weight is 512 g/mol. The van der Waals surface area contributed by atoms with Crippen molar-refractivity contribution in [3.63, 3.8) is 0 Å². The molecule has 0 aliphatic carbocycles. The van der Waals surface area contributed by atoms with Gasteiger partial charge in [-0.1, -0.05) is 17.7 Å². The van der Waals surface area contributed by atoms with Crippen LogP contribution in [-0.2, 0) is 17.1 Å². The number of carbonyl (C=O) groups is 1. The maximum absolute atomic E-state index is 13.2. The fourth-order valence-electron chi connectivity index (χ4n) is 3.44. The molecule has 1 N–H and O–H groups in total. The number of carbonyl (C=O) groups excluding carboxylic acids is 1. The molecule has 0 aliphatic rings. The molecule has 0 saturated heterocycles. The zero-order chi connectivity index (χ0) is 26.1. The molecule has 4 nitrogen and oxygen atoms in total. The maximum atomic E-state index is 13.2. The minimum atomic E-state index is -4.61. The summed E-state index contributed by atoms with van der Waals surface area (Å²) >= 11 is 6.15. The number of halogens is 7. The van der Waals surface area contributed by atoms with E-state index in [1.807, 2.05) is 0 Å². The Balaban J connectivity index is 1.98. The molecule has 0 radical (unpaired) electrons. The second-order valence-corrected chi connectivity index (χ2v) is 7.94. The van der Waals surface area contributed by atoms with Crippen LogP contribution in [0.5, 0.6) is 0 Å². The highest BCUT2D eigenvalue weighted by atomic mass is 35.5. The number of hydrogen-bond donors (Lipinski definition) is 1. The summed E-state index contributed by atoms with van der Waals surface area (Å²) < 4.78 is 79.8. The fraction of sp³-hybridized carbons (Fsp3) is 0.167. The van der Waals surface area contributed by atoms with Crippen LogP contribution in [0.3, 0.4) is 0 Å². The molecule has 11 heteroatoms. The molecule has 2 aromatic carbocycles. The van der Waals surface area contributed by atoms with E-state index < -0.39 is 35.0 Å². The summed E-state index contributed by atoms with van der Waals surface area (Å²) in [6.45, 7) is 3.17. The number of aromatic nitrogens is 1. The lowest BCUT2D eigenvalue weighted by Crippen LogP contribution is -2.14. The first kappa shape index (κ1) is 25.9. The molecule has 0 unspecified atom stereocenters. The smallest absolute Gasteiger partial charge is 0.321 e. The Labute approximate surface area is 201 Å². The number of anilines is 1. The minimum absolute atomic E-state index is 0.0538. The Bertz CT molecular complexity index is 1360. The van der Waals surface area contributed by atoms with Gasteiger partial charge in [-0.05, 0) is 68.0 Å². The van der Waals surface area contributed by atoms with Gasteiger partial charge in [0.05, 0.1) is 21.8 Å². The quantitative estimate of drug-likeness (QED) is 0.226. The van der Waals surface area contributed by atoms with Crippen LogP contribution in [0.2, 0.25) is 5.02 Å². The highest BCUT2D eigenvalue weighted by Gasteiger charge is 2.32. The van der Waals surface area contributed by atoms with Crippen LogP contribution in [0.25, 0.3) is 11.8 Å². The van der Waals surface area contributed by atoms with Gasteiger partial charge in [0.15, 0.2) is 0 Å². The van der Waals surface area contributed by atoms with E-state index in [1.54, 1.807) is 26.0 Å². The van der Waals surface area contributed by atoms with Gasteiger partial charge in [-0.2, -0.15) is 31.6 Å². The summed E-state index contributed by atoms with van der Waals surface area (Å²) in [6, 6.07) is 10.0. The molecule has 0 spiro atoms. The molecule has 0 fully saturated rings.